The largest absolute Gasteiger partial charge is 2.00 e. The van der Waals surface area contributed by atoms with Crippen molar-refractivity contribution in [3.8, 4) is 51.5 Å². The first kappa shape index (κ1) is 33.8. The minimum atomic E-state index is 0. The molecule has 0 radical (unpaired) electrons. The van der Waals surface area contributed by atoms with Gasteiger partial charge in [0, 0.05) is 35.4 Å². The van der Waals surface area contributed by atoms with Crippen molar-refractivity contribution in [3.63, 3.8) is 0 Å². The Morgan fingerprint density at radius 1 is 0.510 bits per heavy atom. The van der Waals surface area contributed by atoms with Crippen molar-refractivity contribution in [2.75, 3.05) is 0 Å². The first-order valence-corrected chi connectivity index (χ1v) is 14.9. The third-order valence-corrected chi connectivity index (χ3v) is 7.44. The van der Waals surface area contributed by atoms with Crippen LogP contribution in [0.1, 0.15) is 11.6 Å². The van der Waals surface area contributed by atoms with E-state index in [4.69, 9.17) is 9.47 Å². The van der Waals surface area contributed by atoms with Gasteiger partial charge in [0.1, 0.15) is 11.6 Å². The second-order valence-electron chi connectivity index (χ2n) is 10.7. The second-order valence-corrected chi connectivity index (χ2v) is 10.7. The van der Waals surface area contributed by atoms with E-state index < -0.39 is 0 Å². The van der Waals surface area contributed by atoms with E-state index in [0.29, 0.717) is 40.6 Å². The molecule has 4 aromatic carbocycles. The number of fused-ring (bicyclic) bond motifs is 3. The molecule has 49 heavy (non-hydrogen) atoms. The molecule has 0 amide bonds. The van der Waals surface area contributed by atoms with Crippen LogP contribution in [0.2, 0.25) is 0 Å². The molecule has 8 aromatic rings. The summed E-state index contributed by atoms with van der Waals surface area (Å²) in [4.78, 5) is 22.6. The molecule has 0 spiro atoms. The number of hydrogen-bond donors (Lipinski definition) is 0. The Balaban J connectivity index is 0.00000208. The van der Waals surface area contributed by atoms with Crippen LogP contribution in [0.15, 0.2) is 109 Å². The zero-order chi connectivity index (χ0) is 31.7. The first-order chi connectivity index (χ1) is 23.1. The molecular formula is C39H24N6O2PdPt. The van der Waals surface area contributed by atoms with Crippen molar-refractivity contribution in [1.29, 1.82) is 0 Å². The molecule has 10 heteroatoms. The molecular weight excluding hydrogens is 886 g/mol. The fraction of sp³-hybridized carbons (Fsp3) is 0.0513. The van der Waals surface area contributed by atoms with Crippen molar-refractivity contribution in [1.82, 2.24) is 29.5 Å². The zero-order valence-electron chi connectivity index (χ0n) is 26.0. The molecule has 0 saturated heterocycles. The quantitative estimate of drug-likeness (QED) is 0.117. The van der Waals surface area contributed by atoms with E-state index in [0.717, 1.165) is 44.3 Å². The summed E-state index contributed by atoms with van der Waals surface area (Å²) in [6, 6.07) is 44.3. The van der Waals surface area contributed by atoms with Gasteiger partial charge in [0.15, 0.2) is 0 Å². The molecule has 0 aliphatic carbocycles. The van der Waals surface area contributed by atoms with Crippen LogP contribution in [-0.2, 0) is 41.5 Å². The van der Waals surface area contributed by atoms with Crippen LogP contribution in [0, 0.1) is 38.1 Å². The zero-order valence-corrected chi connectivity index (χ0v) is 29.9. The van der Waals surface area contributed by atoms with Crippen LogP contribution in [-0.4, -0.2) is 29.5 Å². The summed E-state index contributed by atoms with van der Waals surface area (Å²) in [6.45, 7) is 3.69. The van der Waals surface area contributed by atoms with Gasteiger partial charge in [-0.15, -0.1) is 71.8 Å². The van der Waals surface area contributed by atoms with Gasteiger partial charge in [0.2, 0.25) is 5.95 Å². The molecule has 0 atom stereocenters. The molecule has 0 bridgehead atoms. The van der Waals surface area contributed by atoms with Crippen molar-refractivity contribution >= 4 is 21.8 Å². The van der Waals surface area contributed by atoms with Crippen molar-refractivity contribution in [2.45, 2.75) is 13.8 Å². The van der Waals surface area contributed by atoms with Gasteiger partial charge in [-0.1, -0.05) is 47.4 Å². The summed E-state index contributed by atoms with van der Waals surface area (Å²) >= 11 is 0. The molecule has 0 saturated carbocycles. The van der Waals surface area contributed by atoms with Gasteiger partial charge in [0.25, 0.3) is 0 Å². The van der Waals surface area contributed by atoms with E-state index in [-0.39, 0.29) is 41.5 Å². The van der Waals surface area contributed by atoms with Crippen molar-refractivity contribution < 1.29 is 51.0 Å². The van der Waals surface area contributed by atoms with Crippen molar-refractivity contribution in [3.05, 3.63) is 145 Å². The van der Waals surface area contributed by atoms with E-state index in [1.54, 1.807) is 12.4 Å². The Morgan fingerprint density at radius 2 is 0.980 bits per heavy atom. The number of benzene rings is 4. The maximum absolute atomic E-state index is 6.28. The average Bonchev–Trinajstić information content (AvgIpc) is 3.41. The Kier molecular flexibility index (Phi) is 10.1. The summed E-state index contributed by atoms with van der Waals surface area (Å²) in [6.07, 6.45) is 3.51. The van der Waals surface area contributed by atoms with Crippen molar-refractivity contribution in [2.24, 2.45) is 0 Å². The van der Waals surface area contributed by atoms with Gasteiger partial charge in [-0.25, -0.2) is 4.98 Å². The smallest absolute Gasteiger partial charge is 0.503 e. The molecule has 0 unspecified atom stereocenters. The number of aromatic nitrogens is 6. The standard InChI is InChI=1S/C39H24N6O2.Pd.Pt/c1-25-42-26(2)44-39(43-25)45-37-23-31(46-29-11-7-9-27(21-29)35-13-3-5-19-40-35)15-17-33(37)34-18-16-32(24-38(34)45)47-30-12-8-10-28(22-30)36-14-4-6-20-41-36;;/h3-20H,1-2H3;;/q-4;2*+2. The third-order valence-electron chi connectivity index (χ3n) is 7.44. The van der Waals surface area contributed by atoms with Crippen LogP contribution < -0.4 is 9.47 Å². The summed E-state index contributed by atoms with van der Waals surface area (Å²) < 4.78 is 14.5. The fourth-order valence-electron chi connectivity index (χ4n) is 5.44. The molecule has 8 nitrogen and oxygen atoms in total. The average molecular weight is 910 g/mol. The van der Waals surface area contributed by atoms with Gasteiger partial charge in [-0.05, 0) is 37.4 Å². The Morgan fingerprint density at radius 3 is 1.43 bits per heavy atom. The molecule has 0 N–H and O–H groups in total. The maximum atomic E-state index is 6.28. The van der Waals surface area contributed by atoms with Gasteiger partial charge in [-0.2, -0.15) is 32.9 Å². The molecule has 4 heterocycles. The summed E-state index contributed by atoms with van der Waals surface area (Å²) in [5, 5.41) is 1.86. The SMILES string of the molecule is Cc1nc(C)nc(-n2c3[c-]c(Oc4[c-]c(-c5ccccn5)ccc4)ccc3c3ccc(Oc4[c-]c(-c5ccccn5)ccc4)[c-]c32)n1.[Pd+2].[Pt+2]. The monoisotopic (exact) mass is 909 g/mol. The molecule has 0 aliphatic rings. The molecule has 8 rings (SSSR count). The normalized spacial score (nSPS) is 10.7. The first-order valence-electron chi connectivity index (χ1n) is 14.9. The Hall–Kier alpha value is -5.06. The molecule has 0 aliphatic heterocycles. The van der Waals surface area contributed by atoms with Crippen LogP contribution in [0.5, 0.6) is 23.0 Å². The summed E-state index contributed by atoms with van der Waals surface area (Å²) in [5.41, 5.74) is 4.74. The van der Waals surface area contributed by atoms with Gasteiger partial charge in [-0.3, -0.25) is 0 Å². The summed E-state index contributed by atoms with van der Waals surface area (Å²) in [5.74, 6) is 3.76. The number of ether oxygens (including phenoxy) is 2. The number of rotatable bonds is 7. The van der Waals surface area contributed by atoms with Crippen LogP contribution in [0.25, 0.3) is 50.3 Å². The van der Waals surface area contributed by atoms with Gasteiger partial charge in [0.05, 0.1) is 0 Å². The van der Waals surface area contributed by atoms with Crippen LogP contribution in [0.4, 0.5) is 0 Å². The number of nitrogens with zero attached hydrogens (tertiary/aromatic N) is 6. The minimum Gasteiger partial charge on any atom is -0.503 e. The van der Waals surface area contributed by atoms with E-state index in [2.05, 4.69) is 49.2 Å². The number of pyridine rings is 2. The predicted molar refractivity (Wildman–Crippen MR) is 178 cm³/mol. The molecule has 4 aromatic heterocycles. The van der Waals surface area contributed by atoms with E-state index >= 15 is 0 Å². The van der Waals surface area contributed by atoms with Gasteiger partial charge >= 0.3 is 41.5 Å². The molecule has 0 fully saturated rings. The second kappa shape index (κ2) is 14.6. The van der Waals surface area contributed by atoms with Crippen LogP contribution >= 0.6 is 0 Å². The fourth-order valence-corrected chi connectivity index (χ4v) is 5.44. The van der Waals surface area contributed by atoms with E-state index in [9.17, 15) is 0 Å². The Labute approximate surface area is 311 Å². The third kappa shape index (κ3) is 7.06. The number of aryl methyl sites for hydroxylation is 2. The van der Waals surface area contributed by atoms with Gasteiger partial charge < -0.3 is 24.0 Å². The number of hydrogen-bond acceptors (Lipinski definition) is 7. The maximum Gasteiger partial charge on any atom is 2.00 e. The summed E-state index contributed by atoms with van der Waals surface area (Å²) in [7, 11) is 0. The van der Waals surface area contributed by atoms with E-state index in [1.165, 1.54) is 0 Å². The molecule has 242 valence electrons. The minimum absolute atomic E-state index is 0. The van der Waals surface area contributed by atoms with E-state index in [1.807, 2.05) is 115 Å². The predicted octanol–water partition coefficient (Wildman–Crippen LogP) is 8.49. The van der Waals surface area contributed by atoms with Crippen LogP contribution in [0.3, 0.4) is 0 Å². The Bertz CT molecular complexity index is 2240. The topological polar surface area (TPSA) is 87.8 Å².